The third-order valence-corrected chi connectivity index (χ3v) is 7.22. The molecule has 0 radical (unpaired) electrons. The Balaban J connectivity index is 2.81. The highest BCUT2D eigenvalue weighted by atomic mass is 16.2. The van der Waals surface area contributed by atoms with Crippen LogP contribution < -0.4 is 16.0 Å². The van der Waals surface area contributed by atoms with E-state index in [9.17, 15) is 14.4 Å². The van der Waals surface area contributed by atoms with Crippen molar-refractivity contribution in [2.24, 2.45) is 0 Å². The molecule has 6 nitrogen and oxygen atoms in total. The quantitative estimate of drug-likeness (QED) is 0.122. The van der Waals surface area contributed by atoms with Gasteiger partial charge in [0.15, 0.2) is 0 Å². The second kappa shape index (κ2) is 22.4. The number of hydrogen-bond donors (Lipinski definition) is 3. The summed E-state index contributed by atoms with van der Waals surface area (Å²) >= 11 is 0. The van der Waals surface area contributed by atoms with Gasteiger partial charge < -0.3 is 16.0 Å². The topological polar surface area (TPSA) is 87.3 Å². The Hall–Kier alpha value is -2.37. The van der Waals surface area contributed by atoms with Gasteiger partial charge in [0.2, 0.25) is 0 Å². The minimum Gasteiger partial charge on any atom is -0.352 e. The lowest BCUT2D eigenvalue weighted by Crippen LogP contribution is -2.33. The van der Waals surface area contributed by atoms with E-state index in [1.54, 1.807) is 18.2 Å². The minimum atomic E-state index is -0.242. The summed E-state index contributed by atoms with van der Waals surface area (Å²) in [6.07, 6.45) is 19.3. The van der Waals surface area contributed by atoms with Crippen LogP contribution in [-0.4, -0.2) is 36.9 Å². The Kier molecular flexibility index (Phi) is 19.9. The Labute approximate surface area is 238 Å². The molecule has 1 aromatic carbocycles. The fourth-order valence-corrected chi connectivity index (χ4v) is 4.70. The summed E-state index contributed by atoms with van der Waals surface area (Å²) in [7, 11) is 0. The zero-order valence-corrected chi connectivity index (χ0v) is 25.5. The number of benzene rings is 1. The highest BCUT2D eigenvalue weighted by Gasteiger charge is 2.17. The SMILES string of the molecule is CCCCCCCCNC(=O)c1cc(C(=O)NCCCCCCCC)cc(C(=O)N[C@@H](C)CCCCCC)c1. The fourth-order valence-electron chi connectivity index (χ4n) is 4.70. The van der Waals surface area contributed by atoms with E-state index in [1.165, 1.54) is 64.2 Å². The van der Waals surface area contributed by atoms with Gasteiger partial charge in [-0.05, 0) is 44.4 Å². The Morgan fingerprint density at radius 3 is 1.33 bits per heavy atom. The molecule has 0 fully saturated rings. The third-order valence-electron chi connectivity index (χ3n) is 7.22. The van der Waals surface area contributed by atoms with Crippen LogP contribution in [0.2, 0.25) is 0 Å². The Bertz CT molecular complexity index is 776. The third kappa shape index (κ3) is 16.4. The van der Waals surface area contributed by atoms with Crippen LogP contribution in [0.1, 0.15) is 168 Å². The molecule has 1 atom stereocenters. The van der Waals surface area contributed by atoms with Crippen molar-refractivity contribution in [2.75, 3.05) is 13.1 Å². The van der Waals surface area contributed by atoms with Crippen molar-refractivity contribution in [3.05, 3.63) is 34.9 Å². The number of carbonyl (C=O) groups excluding carboxylic acids is 3. The van der Waals surface area contributed by atoms with Crippen molar-refractivity contribution < 1.29 is 14.4 Å². The molecular formula is C33H57N3O3. The van der Waals surface area contributed by atoms with Crippen LogP contribution in [0.15, 0.2) is 18.2 Å². The molecule has 0 heterocycles. The number of carbonyl (C=O) groups is 3. The zero-order chi connectivity index (χ0) is 28.7. The molecule has 222 valence electrons. The number of amides is 3. The van der Waals surface area contributed by atoms with Gasteiger partial charge in [-0.2, -0.15) is 0 Å². The molecule has 3 amide bonds. The lowest BCUT2D eigenvalue weighted by atomic mass is 10.0. The molecule has 0 spiro atoms. The molecule has 6 heteroatoms. The van der Waals surface area contributed by atoms with Crippen LogP contribution in [0.25, 0.3) is 0 Å². The minimum absolute atomic E-state index is 0.0320. The fraction of sp³-hybridized carbons (Fsp3) is 0.727. The second-order valence-corrected chi connectivity index (χ2v) is 11.1. The van der Waals surface area contributed by atoms with Gasteiger partial charge in [0.1, 0.15) is 0 Å². The maximum Gasteiger partial charge on any atom is 0.251 e. The van der Waals surface area contributed by atoms with Crippen LogP contribution in [-0.2, 0) is 0 Å². The summed E-state index contributed by atoms with van der Waals surface area (Å²) in [6, 6.07) is 4.86. The molecule has 3 N–H and O–H groups in total. The molecule has 1 aromatic rings. The van der Waals surface area contributed by atoms with Gasteiger partial charge in [-0.3, -0.25) is 14.4 Å². The molecule has 0 unspecified atom stereocenters. The Morgan fingerprint density at radius 2 is 0.897 bits per heavy atom. The summed E-state index contributed by atoms with van der Waals surface area (Å²) in [6.45, 7) is 9.78. The normalized spacial score (nSPS) is 11.7. The Morgan fingerprint density at radius 1 is 0.538 bits per heavy atom. The first-order valence-electron chi connectivity index (χ1n) is 15.9. The first-order chi connectivity index (χ1) is 18.9. The lowest BCUT2D eigenvalue weighted by molar-refractivity contribution is 0.0937. The van der Waals surface area contributed by atoms with Crippen molar-refractivity contribution >= 4 is 17.7 Å². The molecule has 0 saturated carbocycles. The van der Waals surface area contributed by atoms with E-state index in [2.05, 4.69) is 36.7 Å². The predicted molar refractivity (Wildman–Crippen MR) is 164 cm³/mol. The average molecular weight is 544 g/mol. The number of rotatable bonds is 23. The largest absolute Gasteiger partial charge is 0.352 e. The van der Waals surface area contributed by atoms with Crippen molar-refractivity contribution in [3.8, 4) is 0 Å². The van der Waals surface area contributed by atoms with Crippen molar-refractivity contribution in [1.29, 1.82) is 0 Å². The van der Waals surface area contributed by atoms with Crippen LogP contribution in [0.4, 0.5) is 0 Å². The molecule has 0 aliphatic carbocycles. The van der Waals surface area contributed by atoms with Crippen molar-refractivity contribution in [3.63, 3.8) is 0 Å². The molecule has 0 aliphatic rings. The highest BCUT2D eigenvalue weighted by molar-refractivity contribution is 6.04. The molecule has 0 saturated heterocycles. The molecule has 0 aromatic heterocycles. The maximum absolute atomic E-state index is 13.1. The van der Waals surface area contributed by atoms with Gasteiger partial charge >= 0.3 is 0 Å². The molecule has 0 bridgehead atoms. The van der Waals surface area contributed by atoms with Gasteiger partial charge in [-0.15, -0.1) is 0 Å². The standard InChI is InChI=1S/C33H57N3O3/c1-5-8-11-14-16-19-22-34-31(37)28-24-29(32(38)35-23-20-17-15-12-9-6-2)26-30(25-28)33(39)36-27(4)21-18-13-10-7-3/h24-27H,5-23H2,1-4H3,(H,34,37)(H,35,38)(H,36,39)/t27-/m0/s1. The molecule has 39 heavy (non-hydrogen) atoms. The summed E-state index contributed by atoms with van der Waals surface area (Å²) in [4.78, 5) is 39.0. The van der Waals surface area contributed by atoms with Gasteiger partial charge in [0.05, 0.1) is 0 Å². The van der Waals surface area contributed by atoms with E-state index in [0.29, 0.717) is 29.8 Å². The van der Waals surface area contributed by atoms with Gasteiger partial charge in [-0.25, -0.2) is 0 Å². The highest BCUT2D eigenvalue weighted by Crippen LogP contribution is 2.14. The van der Waals surface area contributed by atoms with E-state index in [1.807, 2.05) is 6.92 Å². The first-order valence-corrected chi connectivity index (χ1v) is 15.9. The van der Waals surface area contributed by atoms with E-state index in [-0.39, 0.29) is 23.8 Å². The monoisotopic (exact) mass is 543 g/mol. The molecule has 1 rings (SSSR count). The summed E-state index contributed by atoms with van der Waals surface area (Å²) in [5, 5.41) is 9.01. The van der Waals surface area contributed by atoms with E-state index >= 15 is 0 Å². The smallest absolute Gasteiger partial charge is 0.251 e. The van der Waals surface area contributed by atoms with Crippen molar-refractivity contribution in [1.82, 2.24) is 16.0 Å². The van der Waals surface area contributed by atoms with E-state index < -0.39 is 0 Å². The number of hydrogen-bond acceptors (Lipinski definition) is 3. The average Bonchev–Trinajstić information content (AvgIpc) is 2.93. The van der Waals surface area contributed by atoms with Crippen LogP contribution in [0.5, 0.6) is 0 Å². The predicted octanol–water partition coefficient (Wildman–Crippen LogP) is 7.96. The maximum atomic E-state index is 13.1. The number of nitrogens with one attached hydrogen (secondary N) is 3. The molecular weight excluding hydrogens is 486 g/mol. The van der Waals surface area contributed by atoms with Gasteiger partial charge in [0.25, 0.3) is 17.7 Å². The van der Waals surface area contributed by atoms with Gasteiger partial charge in [-0.1, -0.05) is 111 Å². The van der Waals surface area contributed by atoms with Gasteiger partial charge in [0, 0.05) is 35.8 Å². The zero-order valence-electron chi connectivity index (χ0n) is 25.5. The van der Waals surface area contributed by atoms with E-state index in [0.717, 1.165) is 44.9 Å². The second-order valence-electron chi connectivity index (χ2n) is 11.1. The van der Waals surface area contributed by atoms with Crippen LogP contribution >= 0.6 is 0 Å². The van der Waals surface area contributed by atoms with Crippen molar-refractivity contribution in [2.45, 2.75) is 143 Å². The summed E-state index contributed by atoms with van der Waals surface area (Å²) in [5.74, 6) is -0.722. The number of unbranched alkanes of at least 4 members (excludes halogenated alkanes) is 13. The molecule has 0 aliphatic heterocycles. The summed E-state index contributed by atoms with van der Waals surface area (Å²) < 4.78 is 0. The first kappa shape index (κ1) is 34.7. The van der Waals surface area contributed by atoms with Crippen LogP contribution in [0.3, 0.4) is 0 Å². The van der Waals surface area contributed by atoms with E-state index in [4.69, 9.17) is 0 Å². The lowest BCUT2D eigenvalue weighted by Gasteiger charge is -2.15. The summed E-state index contributed by atoms with van der Waals surface area (Å²) in [5.41, 5.74) is 1.07. The van der Waals surface area contributed by atoms with Crippen LogP contribution in [0, 0.1) is 0 Å².